The molecule has 0 aliphatic heterocycles. The van der Waals surface area contributed by atoms with E-state index in [0.29, 0.717) is 22.2 Å². The number of ketones is 1. The first-order chi connectivity index (χ1) is 11.9. The van der Waals surface area contributed by atoms with Crippen molar-refractivity contribution < 1.29 is 24.2 Å². The van der Waals surface area contributed by atoms with Gasteiger partial charge in [0.05, 0.1) is 19.8 Å². The highest BCUT2D eigenvalue weighted by Gasteiger charge is 2.16. The summed E-state index contributed by atoms with van der Waals surface area (Å²) in [5, 5.41) is 12.9. The minimum absolute atomic E-state index is 0.160. The summed E-state index contributed by atoms with van der Waals surface area (Å²) in [4.78, 5) is 24.3. The molecule has 7 heteroatoms. The number of hydrogen-bond acceptors (Lipinski definition) is 5. The molecule has 6 nitrogen and oxygen atoms in total. The molecule has 0 radical (unpaired) electrons. The van der Waals surface area contributed by atoms with Gasteiger partial charge in [-0.2, -0.15) is 0 Å². The third-order valence-corrected chi connectivity index (χ3v) is 3.53. The highest BCUT2D eigenvalue weighted by Crippen LogP contribution is 2.25. The summed E-state index contributed by atoms with van der Waals surface area (Å²) in [6.07, 6.45) is 0.822. The Labute approximate surface area is 149 Å². The van der Waals surface area contributed by atoms with Gasteiger partial charge in [0, 0.05) is 16.8 Å². The highest BCUT2D eigenvalue weighted by atomic mass is 35.5. The van der Waals surface area contributed by atoms with E-state index in [0.717, 1.165) is 6.08 Å². The van der Waals surface area contributed by atoms with Crippen molar-refractivity contribution in [2.75, 3.05) is 19.5 Å². The molecule has 0 aliphatic rings. The monoisotopic (exact) mass is 361 g/mol. The van der Waals surface area contributed by atoms with E-state index in [1.54, 1.807) is 36.4 Å². The lowest BCUT2D eigenvalue weighted by molar-refractivity contribution is -0.115. The fraction of sp³-hybridized carbons (Fsp3) is 0.111. The molecule has 1 amide bonds. The van der Waals surface area contributed by atoms with Gasteiger partial charge in [-0.05, 0) is 42.5 Å². The van der Waals surface area contributed by atoms with Gasteiger partial charge in [0.1, 0.15) is 11.5 Å². The van der Waals surface area contributed by atoms with Gasteiger partial charge in [0.15, 0.2) is 11.5 Å². The molecule has 2 aromatic rings. The number of nitrogens with one attached hydrogen (secondary N) is 1. The Kier molecular flexibility index (Phi) is 6.03. The topological polar surface area (TPSA) is 84.9 Å². The maximum Gasteiger partial charge on any atom is 0.290 e. The van der Waals surface area contributed by atoms with Crippen LogP contribution in [0, 0.1) is 0 Å². The minimum atomic E-state index is -0.822. The fourth-order valence-corrected chi connectivity index (χ4v) is 2.13. The molecule has 0 aromatic heterocycles. The van der Waals surface area contributed by atoms with Crippen LogP contribution in [0.4, 0.5) is 5.69 Å². The first kappa shape index (κ1) is 18.4. The number of aliphatic hydroxyl groups excluding tert-OH is 1. The molecule has 0 atom stereocenters. The number of rotatable bonds is 6. The first-order valence-corrected chi connectivity index (χ1v) is 7.56. The van der Waals surface area contributed by atoms with E-state index in [2.05, 4.69) is 5.32 Å². The molecule has 0 aliphatic carbocycles. The molecule has 0 saturated heterocycles. The van der Waals surface area contributed by atoms with Crippen molar-refractivity contribution in [3.05, 3.63) is 64.9 Å². The Hall–Kier alpha value is -2.99. The normalized spacial score (nSPS) is 10.9. The largest absolute Gasteiger partial charge is 0.503 e. The summed E-state index contributed by atoms with van der Waals surface area (Å²) < 4.78 is 10.2. The van der Waals surface area contributed by atoms with Gasteiger partial charge in [-0.25, -0.2) is 0 Å². The van der Waals surface area contributed by atoms with Crippen molar-refractivity contribution in [3.63, 3.8) is 0 Å². The lowest BCUT2D eigenvalue weighted by Gasteiger charge is -2.08. The summed E-state index contributed by atoms with van der Waals surface area (Å²) in [7, 11) is 2.87. The Balaban J connectivity index is 2.19. The van der Waals surface area contributed by atoms with Crippen LogP contribution in [0.25, 0.3) is 0 Å². The zero-order valence-corrected chi connectivity index (χ0v) is 14.3. The van der Waals surface area contributed by atoms with Crippen molar-refractivity contribution in [2.45, 2.75) is 0 Å². The van der Waals surface area contributed by atoms with Gasteiger partial charge in [0.2, 0.25) is 0 Å². The molecule has 0 bridgehead atoms. The van der Waals surface area contributed by atoms with E-state index < -0.39 is 17.4 Å². The number of carbonyl (C=O) groups excluding carboxylic acids is 2. The number of halogens is 1. The number of hydrogen-bond donors (Lipinski definition) is 2. The molecule has 2 N–H and O–H groups in total. The Morgan fingerprint density at radius 3 is 2.36 bits per heavy atom. The Morgan fingerprint density at radius 2 is 1.76 bits per heavy atom. The van der Waals surface area contributed by atoms with Crippen LogP contribution in [0.5, 0.6) is 11.5 Å². The molecule has 0 unspecified atom stereocenters. The predicted octanol–water partition coefficient (Wildman–Crippen LogP) is 3.62. The van der Waals surface area contributed by atoms with Gasteiger partial charge >= 0.3 is 0 Å². The summed E-state index contributed by atoms with van der Waals surface area (Å²) in [6.45, 7) is 0. The number of methoxy groups -OCH3 is 2. The highest BCUT2D eigenvalue weighted by molar-refractivity contribution is 6.30. The number of allylic oxidation sites excluding steroid dienone is 1. The quantitative estimate of drug-likeness (QED) is 0.466. The second kappa shape index (κ2) is 8.21. The van der Waals surface area contributed by atoms with Crippen molar-refractivity contribution in [2.24, 2.45) is 0 Å². The molecular weight excluding hydrogens is 346 g/mol. The molecule has 0 heterocycles. The van der Waals surface area contributed by atoms with E-state index in [9.17, 15) is 14.7 Å². The molecule has 130 valence electrons. The average molecular weight is 362 g/mol. The van der Waals surface area contributed by atoms with Crippen LogP contribution in [0.1, 0.15) is 10.4 Å². The maximum absolute atomic E-state index is 12.3. The zero-order chi connectivity index (χ0) is 18.4. The van der Waals surface area contributed by atoms with Crippen LogP contribution in [-0.4, -0.2) is 31.0 Å². The van der Waals surface area contributed by atoms with Crippen LogP contribution in [-0.2, 0) is 4.79 Å². The molecule has 0 spiro atoms. The lowest BCUT2D eigenvalue weighted by Crippen LogP contribution is -2.15. The number of carbonyl (C=O) groups is 2. The average Bonchev–Trinajstić information content (AvgIpc) is 2.62. The zero-order valence-electron chi connectivity index (χ0n) is 13.6. The van der Waals surface area contributed by atoms with Crippen LogP contribution in [0.2, 0.25) is 5.02 Å². The van der Waals surface area contributed by atoms with Crippen molar-refractivity contribution in [1.29, 1.82) is 0 Å². The second-order valence-corrected chi connectivity index (χ2v) is 5.36. The van der Waals surface area contributed by atoms with Gasteiger partial charge < -0.3 is 19.9 Å². The number of ether oxygens (including phenoxy) is 2. The van der Waals surface area contributed by atoms with Gasteiger partial charge in [-0.15, -0.1) is 0 Å². The Morgan fingerprint density at radius 1 is 1.08 bits per heavy atom. The van der Waals surface area contributed by atoms with E-state index >= 15 is 0 Å². The van der Waals surface area contributed by atoms with Gasteiger partial charge in [-0.3, -0.25) is 9.59 Å². The molecule has 0 fully saturated rings. The number of amides is 1. The molecular formula is C18H16ClNO5. The predicted molar refractivity (Wildman–Crippen MR) is 94.7 cm³/mol. The smallest absolute Gasteiger partial charge is 0.290 e. The van der Waals surface area contributed by atoms with Crippen LogP contribution in [0.3, 0.4) is 0 Å². The second-order valence-electron chi connectivity index (χ2n) is 4.92. The van der Waals surface area contributed by atoms with Crippen molar-refractivity contribution >= 4 is 29.0 Å². The van der Waals surface area contributed by atoms with Gasteiger partial charge in [-0.1, -0.05) is 11.6 Å². The van der Waals surface area contributed by atoms with Crippen molar-refractivity contribution in [3.8, 4) is 11.5 Å². The molecule has 2 rings (SSSR count). The van der Waals surface area contributed by atoms with Crippen LogP contribution in [0.15, 0.2) is 54.3 Å². The number of anilines is 1. The SMILES string of the molecule is COc1ccc(OC)c(C(=O)/C=C(\O)C(=O)Nc2ccc(Cl)cc2)c1. The van der Waals surface area contributed by atoms with E-state index in [-0.39, 0.29) is 5.56 Å². The summed E-state index contributed by atoms with van der Waals surface area (Å²) in [6, 6.07) is 11.0. The third-order valence-electron chi connectivity index (χ3n) is 3.27. The molecule has 25 heavy (non-hydrogen) atoms. The summed E-state index contributed by atoms with van der Waals surface area (Å²) >= 11 is 5.76. The van der Waals surface area contributed by atoms with Crippen LogP contribution < -0.4 is 14.8 Å². The standard InChI is InChI=1S/C18H16ClNO5/c1-24-13-7-8-17(25-2)14(9-13)15(21)10-16(22)18(23)20-12-5-3-11(19)4-6-12/h3-10,22H,1-2H3,(H,20,23)/b16-10-. The maximum atomic E-state index is 12.3. The number of benzene rings is 2. The van der Waals surface area contributed by atoms with E-state index in [1.165, 1.54) is 20.3 Å². The molecule has 2 aromatic carbocycles. The molecule has 0 saturated carbocycles. The third kappa shape index (κ3) is 4.74. The first-order valence-electron chi connectivity index (χ1n) is 7.18. The minimum Gasteiger partial charge on any atom is -0.503 e. The lowest BCUT2D eigenvalue weighted by atomic mass is 10.1. The number of aliphatic hydroxyl groups is 1. The van der Waals surface area contributed by atoms with E-state index in [4.69, 9.17) is 21.1 Å². The fourth-order valence-electron chi connectivity index (χ4n) is 2.00. The Bertz CT molecular complexity index is 815. The van der Waals surface area contributed by atoms with E-state index in [1.807, 2.05) is 0 Å². The van der Waals surface area contributed by atoms with Crippen LogP contribution >= 0.6 is 11.6 Å². The summed E-state index contributed by atoms with van der Waals surface area (Å²) in [5.74, 6) is -1.41. The summed E-state index contributed by atoms with van der Waals surface area (Å²) in [5.41, 5.74) is 0.591. The van der Waals surface area contributed by atoms with Crippen molar-refractivity contribution in [1.82, 2.24) is 0 Å². The van der Waals surface area contributed by atoms with Gasteiger partial charge in [0.25, 0.3) is 5.91 Å².